The van der Waals surface area contributed by atoms with Crippen LogP contribution in [0.15, 0.2) is 18.2 Å². The molecule has 0 spiro atoms. The number of hydrogen-bond donors (Lipinski definition) is 3. The van der Waals surface area contributed by atoms with Gasteiger partial charge in [-0.2, -0.15) is 0 Å². The Balaban J connectivity index is 2.02. The van der Waals surface area contributed by atoms with E-state index in [9.17, 15) is 14.4 Å². The van der Waals surface area contributed by atoms with Crippen molar-refractivity contribution in [3.8, 4) is 0 Å². The minimum atomic E-state index is -0.289. The highest BCUT2D eigenvalue weighted by Gasteiger charge is 2.22. The van der Waals surface area contributed by atoms with Gasteiger partial charge in [0.25, 0.3) is 5.91 Å². The van der Waals surface area contributed by atoms with E-state index in [1.807, 2.05) is 0 Å². The zero-order valence-electron chi connectivity index (χ0n) is 17.0. The SMILES string of the molecule is CC(=O)Nc1cc(NC(C)=O)cc(C(=O)NC[C@@H]2CN(CC(C)C)CCO2)c1. The number of morpholine rings is 1. The fraction of sp³-hybridized carbons (Fsp3) is 0.550. The van der Waals surface area contributed by atoms with Gasteiger partial charge in [-0.25, -0.2) is 0 Å². The standard InChI is InChI=1S/C20H30N4O4/c1-13(2)11-24-5-6-28-19(12-24)10-21-20(27)16-7-17(22-14(3)25)9-18(8-16)23-15(4)26/h7-9,13,19H,5-6,10-12H2,1-4H3,(H,21,27)(H,22,25)(H,23,26)/t19-/m1/s1. The molecular weight excluding hydrogens is 360 g/mol. The van der Waals surface area contributed by atoms with Crippen molar-refractivity contribution >= 4 is 29.1 Å². The molecule has 1 fully saturated rings. The molecule has 28 heavy (non-hydrogen) atoms. The van der Waals surface area contributed by atoms with Crippen LogP contribution in [0.25, 0.3) is 0 Å². The minimum Gasteiger partial charge on any atom is -0.374 e. The van der Waals surface area contributed by atoms with Crippen LogP contribution in [0.5, 0.6) is 0 Å². The molecule has 1 aliphatic heterocycles. The Morgan fingerprint density at radius 1 is 1.11 bits per heavy atom. The Hall–Kier alpha value is -2.45. The molecule has 8 nitrogen and oxygen atoms in total. The van der Waals surface area contributed by atoms with Crippen molar-refractivity contribution in [2.24, 2.45) is 5.92 Å². The first-order valence-corrected chi connectivity index (χ1v) is 9.55. The molecule has 0 bridgehead atoms. The third kappa shape index (κ3) is 7.28. The maximum Gasteiger partial charge on any atom is 0.251 e. The normalized spacial score (nSPS) is 17.2. The number of carbonyl (C=O) groups is 3. The van der Waals surface area contributed by atoms with E-state index in [0.717, 1.165) is 19.6 Å². The van der Waals surface area contributed by atoms with Crippen LogP contribution >= 0.6 is 0 Å². The van der Waals surface area contributed by atoms with Crippen LogP contribution in [0.1, 0.15) is 38.1 Å². The predicted molar refractivity (Wildman–Crippen MR) is 108 cm³/mol. The highest BCUT2D eigenvalue weighted by molar-refractivity contribution is 5.99. The minimum absolute atomic E-state index is 0.0650. The molecule has 3 N–H and O–H groups in total. The van der Waals surface area contributed by atoms with Crippen LogP contribution in [0.4, 0.5) is 11.4 Å². The number of nitrogens with zero attached hydrogens (tertiary/aromatic N) is 1. The quantitative estimate of drug-likeness (QED) is 0.658. The van der Waals surface area contributed by atoms with Crippen LogP contribution in [-0.4, -0.2) is 61.5 Å². The number of hydrogen-bond acceptors (Lipinski definition) is 5. The summed E-state index contributed by atoms with van der Waals surface area (Å²) in [7, 11) is 0. The van der Waals surface area contributed by atoms with Crippen molar-refractivity contribution in [3.63, 3.8) is 0 Å². The summed E-state index contributed by atoms with van der Waals surface area (Å²) in [6, 6.07) is 4.76. The van der Waals surface area contributed by atoms with Crippen molar-refractivity contribution in [2.75, 3.05) is 43.4 Å². The second-order valence-electron chi connectivity index (χ2n) is 7.52. The Kier molecular flexibility index (Phi) is 7.95. The van der Waals surface area contributed by atoms with Gasteiger partial charge in [0.1, 0.15) is 0 Å². The third-order valence-electron chi connectivity index (χ3n) is 4.17. The van der Waals surface area contributed by atoms with E-state index in [4.69, 9.17) is 4.74 Å². The molecule has 8 heteroatoms. The number of benzene rings is 1. The van der Waals surface area contributed by atoms with E-state index >= 15 is 0 Å². The van der Waals surface area contributed by atoms with Crippen LogP contribution in [0, 0.1) is 5.92 Å². The number of amides is 3. The maximum absolute atomic E-state index is 12.6. The highest BCUT2D eigenvalue weighted by atomic mass is 16.5. The van der Waals surface area contributed by atoms with E-state index in [1.165, 1.54) is 13.8 Å². The number of anilines is 2. The van der Waals surface area contributed by atoms with Gasteiger partial charge in [0.05, 0.1) is 12.7 Å². The average Bonchev–Trinajstić information content (AvgIpc) is 2.58. The van der Waals surface area contributed by atoms with Gasteiger partial charge < -0.3 is 20.7 Å². The molecule has 1 heterocycles. The van der Waals surface area contributed by atoms with Crippen molar-refractivity contribution in [1.29, 1.82) is 0 Å². The van der Waals surface area contributed by atoms with Gasteiger partial charge in [-0.05, 0) is 24.1 Å². The molecule has 0 saturated carbocycles. The fourth-order valence-electron chi connectivity index (χ4n) is 3.20. The second kappa shape index (κ2) is 10.2. The van der Waals surface area contributed by atoms with Gasteiger partial charge in [0, 0.05) is 57.0 Å². The molecule has 0 aromatic heterocycles. The molecular formula is C20H30N4O4. The summed E-state index contributed by atoms with van der Waals surface area (Å²) in [6.45, 7) is 10.9. The zero-order valence-corrected chi connectivity index (χ0v) is 17.0. The molecule has 0 unspecified atom stereocenters. The lowest BCUT2D eigenvalue weighted by molar-refractivity contribution is -0.115. The molecule has 3 amide bonds. The molecule has 2 rings (SSSR count). The van der Waals surface area contributed by atoms with E-state index in [-0.39, 0.29) is 23.8 Å². The average molecular weight is 390 g/mol. The van der Waals surface area contributed by atoms with Gasteiger partial charge in [-0.1, -0.05) is 13.8 Å². The van der Waals surface area contributed by atoms with Gasteiger partial charge in [-0.3, -0.25) is 19.3 Å². The van der Waals surface area contributed by atoms with Crippen LogP contribution in [-0.2, 0) is 14.3 Å². The van der Waals surface area contributed by atoms with Gasteiger partial charge in [0.15, 0.2) is 0 Å². The summed E-state index contributed by atoms with van der Waals surface area (Å²) in [6.07, 6.45) is -0.0650. The van der Waals surface area contributed by atoms with Gasteiger partial charge in [0.2, 0.25) is 11.8 Å². The van der Waals surface area contributed by atoms with Crippen LogP contribution in [0.2, 0.25) is 0 Å². The molecule has 1 saturated heterocycles. The first-order valence-electron chi connectivity index (χ1n) is 9.55. The van der Waals surface area contributed by atoms with Crippen LogP contribution in [0.3, 0.4) is 0 Å². The Morgan fingerprint density at radius 3 is 2.25 bits per heavy atom. The lowest BCUT2D eigenvalue weighted by atomic mass is 10.1. The van der Waals surface area contributed by atoms with Gasteiger partial charge in [-0.15, -0.1) is 0 Å². The molecule has 1 aliphatic rings. The van der Waals surface area contributed by atoms with Crippen molar-refractivity contribution in [2.45, 2.75) is 33.8 Å². The molecule has 1 atom stereocenters. The number of ether oxygens (including phenoxy) is 1. The number of rotatable bonds is 7. The topological polar surface area (TPSA) is 99.8 Å². The molecule has 1 aromatic carbocycles. The fourth-order valence-corrected chi connectivity index (χ4v) is 3.20. The zero-order chi connectivity index (χ0) is 20.7. The summed E-state index contributed by atoms with van der Waals surface area (Å²) >= 11 is 0. The molecule has 0 aliphatic carbocycles. The van der Waals surface area contributed by atoms with Gasteiger partial charge >= 0.3 is 0 Å². The number of carbonyl (C=O) groups excluding carboxylic acids is 3. The Morgan fingerprint density at radius 2 is 1.71 bits per heavy atom. The summed E-state index contributed by atoms with van der Waals surface area (Å²) in [5, 5.41) is 8.17. The molecule has 154 valence electrons. The lowest BCUT2D eigenvalue weighted by Gasteiger charge is -2.34. The van der Waals surface area contributed by atoms with E-state index in [1.54, 1.807) is 18.2 Å². The predicted octanol–water partition coefficient (Wildman–Crippen LogP) is 1.69. The number of nitrogens with one attached hydrogen (secondary N) is 3. The highest BCUT2D eigenvalue weighted by Crippen LogP contribution is 2.19. The Labute approximate surface area is 166 Å². The van der Waals surface area contributed by atoms with Crippen LogP contribution < -0.4 is 16.0 Å². The summed E-state index contributed by atoms with van der Waals surface area (Å²) < 4.78 is 5.76. The van der Waals surface area contributed by atoms with E-state index in [2.05, 4.69) is 34.7 Å². The van der Waals surface area contributed by atoms with Crippen molar-refractivity contribution < 1.29 is 19.1 Å². The smallest absolute Gasteiger partial charge is 0.251 e. The maximum atomic E-state index is 12.6. The van der Waals surface area contributed by atoms with Crippen molar-refractivity contribution in [1.82, 2.24) is 10.2 Å². The first-order chi connectivity index (χ1) is 13.2. The third-order valence-corrected chi connectivity index (χ3v) is 4.17. The summed E-state index contributed by atoms with van der Waals surface area (Å²) in [4.78, 5) is 37.7. The monoisotopic (exact) mass is 390 g/mol. The molecule has 0 radical (unpaired) electrons. The second-order valence-corrected chi connectivity index (χ2v) is 7.52. The largest absolute Gasteiger partial charge is 0.374 e. The molecule has 1 aromatic rings. The Bertz CT molecular complexity index is 686. The first kappa shape index (κ1) is 21.8. The van der Waals surface area contributed by atoms with E-state index in [0.29, 0.717) is 36.0 Å². The van der Waals surface area contributed by atoms with E-state index < -0.39 is 0 Å². The summed E-state index contributed by atoms with van der Waals surface area (Å²) in [5.74, 6) is -0.222. The summed E-state index contributed by atoms with van der Waals surface area (Å²) in [5.41, 5.74) is 1.24. The van der Waals surface area contributed by atoms with Crippen molar-refractivity contribution in [3.05, 3.63) is 23.8 Å². The lowest BCUT2D eigenvalue weighted by Crippen LogP contribution is -2.48.